The lowest BCUT2D eigenvalue weighted by atomic mass is 10.3. The molecule has 0 radical (unpaired) electrons. The van der Waals surface area contributed by atoms with Gasteiger partial charge in [0.15, 0.2) is 0 Å². The van der Waals surface area contributed by atoms with Gasteiger partial charge in [0.25, 0.3) is 0 Å². The van der Waals surface area contributed by atoms with Gasteiger partial charge in [0.05, 0.1) is 0 Å². The third-order valence-corrected chi connectivity index (χ3v) is 4.75. The number of rotatable bonds is 0. The molecule has 1 saturated heterocycles. The largest absolute Gasteiger partial charge is 0.305 e. The minimum Gasteiger partial charge on any atom is -0.305 e. The number of hydrogen-bond donors (Lipinski definition) is 0. The minimum atomic E-state index is 1.17. The first kappa shape index (κ1) is 19.8. The van der Waals surface area contributed by atoms with Crippen molar-refractivity contribution in [2.24, 2.45) is 0 Å². The first-order valence-corrected chi connectivity index (χ1v) is 8.90. The second kappa shape index (κ2) is 11.4. The van der Waals surface area contributed by atoms with Gasteiger partial charge >= 0.3 is 0 Å². The molecule has 0 N–H and O–H groups in total. The molecular formula is C17H39N5. The lowest BCUT2D eigenvalue weighted by Gasteiger charge is -2.24. The van der Waals surface area contributed by atoms with Gasteiger partial charge < -0.3 is 24.5 Å². The van der Waals surface area contributed by atoms with Crippen molar-refractivity contribution in [1.82, 2.24) is 24.5 Å². The molecule has 1 aliphatic heterocycles. The highest BCUT2D eigenvalue weighted by atomic mass is 15.2. The molecule has 5 nitrogen and oxygen atoms in total. The fourth-order valence-corrected chi connectivity index (χ4v) is 2.80. The molecule has 0 aliphatic carbocycles. The Kier molecular flexibility index (Phi) is 10.2. The lowest BCUT2D eigenvalue weighted by molar-refractivity contribution is 0.220. The van der Waals surface area contributed by atoms with E-state index >= 15 is 0 Å². The molecule has 0 bridgehead atoms. The standard InChI is InChI=1S/C17H39N5/c1-18-8-6-10-20(3)14-16-22(5)17-15-21(4)11-7-9-19(2)13-12-18/h6-17H2,1-5H3. The number of likely N-dealkylation sites (N-methyl/N-ethyl adjacent to an activating group) is 5. The van der Waals surface area contributed by atoms with E-state index in [9.17, 15) is 0 Å². The van der Waals surface area contributed by atoms with Crippen molar-refractivity contribution >= 4 is 0 Å². The third kappa shape index (κ3) is 9.74. The van der Waals surface area contributed by atoms with Crippen molar-refractivity contribution < 1.29 is 0 Å². The summed E-state index contributed by atoms with van der Waals surface area (Å²) in [5.41, 5.74) is 0. The summed E-state index contributed by atoms with van der Waals surface area (Å²) in [4.78, 5) is 12.3. The second-order valence-corrected chi connectivity index (χ2v) is 7.22. The molecular weight excluding hydrogens is 274 g/mol. The Hall–Kier alpha value is -0.200. The zero-order valence-electron chi connectivity index (χ0n) is 15.7. The number of nitrogens with zero attached hydrogens (tertiary/aromatic N) is 5. The molecule has 132 valence electrons. The van der Waals surface area contributed by atoms with Crippen molar-refractivity contribution in [3.63, 3.8) is 0 Å². The molecule has 1 heterocycles. The predicted octanol–water partition coefficient (Wildman–Crippen LogP) is 0.439. The van der Waals surface area contributed by atoms with E-state index in [0.717, 1.165) is 0 Å². The van der Waals surface area contributed by atoms with E-state index in [1.807, 2.05) is 0 Å². The Labute approximate surface area is 138 Å². The van der Waals surface area contributed by atoms with Crippen LogP contribution in [0.5, 0.6) is 0 Å². The minimum absolute atomic E-state index is 1.17. The van der Waals surface area contributed by atoms with Crippen LogP contribution >= 0.6 is 0 Å². The van der Waals surface area contributed by atoms with E-state index in [-0.39, 0.29) is 0 Å². The van der Waals surface area contributed by atoms with Crippen LogP contribution in [0, 0.1) is 0 Å². The maximum atomic E-state index is 2.47. The molecule has 22 heavy (non-hydrogen) atoms. The first-order valence-electron chi connectivity index (χ1n) is 8.90. The summed E-state index contributed by atoms with van der Waals surface area (Å²) in [7, 11) is 11.3. The Bertz CT molecular complexity index is 248. The molecule has 1 fully saturated rings. The third-order valence-electron chi connectivity index (χ3n) is 4.75. The van der Waals surface area contributed by atoms with E-state index in [2.05, 4.69) is 59.7 Å². The maximum absolute atomic E-state index is 2.47. The van der Waals surface area contributed by atoms with Gasteiger partial charge in [0.2, 0.25) is 0 Å². The first-order chi connectivity index (χ1) is 10.5. The second-order valence-electron chi connectivity index (χ2n) is 7.22. The topological polar surface area (TPSA) is 16.2 Å². The summed E-state index contributed by atoms with van der Waals surface area (Å²) in [6.45, 7) is 11.9. The van der Waals surface area contributed by atoms with E-state index in [1.54, 1.807) is 0 Å². The van der Waals surface area contributed by atoms with Crippen LogP contribution in [0.25, 0.3) is 0 Å². The highest BCUT2D eigenvalue weighted by Crippen LogP contribution is 1.97. The Morgan fingerprint density at radius 1 is 0.318 bits per heavy atom. The average Bonchev–Trinajstić information content (AvgIpc) is 2.48. The van der Waals surface area contributed by atoms with Crippen molar-refractivity contribution in [3.05, 3.63) is 0 Å². The summed E-state index contributed by atoms with van der Waals surface area (Å²) >= 11 is 0. The fraction of sp³-hybridized carbons (Fsp3) is 1.00. The zero-order valence-corrected chi connectivity index (χ0v) is 15.7. The number of hydrogen-bond acceptors (Lipinski definition) is 5. The molecule has 0 aromatic heterocycles. The molecule has 0 aromatic carbocycles. The zero-order chi connectivity index (χ0) is 16.4. The van der Waals surface area contributed by atoms with Crippen LogP contribution in [0.15, 0.2) is 0 Å². The average molecular weight is 314 g/mol. The smallest absolute Gasteiger partial charge is 0.0107 e. The van der Waals surface area contributed by atoms with E-state index in [0.29, 0.717) is 0 Å². The van der Waals surface area contributed by atoms with Crippen molar-refractivity contribution in [2.75, 3.05) is 101 Å². The Balaban J connectivity index is 2.42. The molecule has 0 amide bonds. The van der Waals surface area contributed by atoms with Gasteiger partial charge in [-0.2, -0.15) is 0 Å². The lowest BCUT2D eigenvalue weighted by Crippen LogP contribution is -2.36. The van der Waals surface area contributed by atoms with Crippen molar-refractivity contribution in [2.45, 2.75) is 12.8 Å². The summed E-state index contributed by atoms with van der Waals surface area (Å²) in [6.07, 6.45) is 2.53. The fourth-order valence-electron chi connectivity index (χ4n) is 2.80. The quantitative estimate of drug-likeness (QED) is 0.643. The van der Waals surface area contributed by atoms with Crippen LogP contribution in [0.1, 0.15) is 12.8 Å². The molecule has 0 spiro atoms. The molecule has 0 aromatic rings. The molecule has 0 atom stereocenters. The monoisotopic (exact) mass is 313 g/mol. The molecule has 1 rings (SSSR count). The normalized spacial score (nSPS) is 26.0. The molecule has 1 aliphatic rings. The maximum Gasteiger partial charge on any atom is 0.0107 e. The van der Waals surface area contributed by atoms with E-state index in [1.165, 1.54) is 78.3 Å². The highest BCUT2D eigenvalue weighted by Gasteiger charge is 2.07. The molecule has 0 unspecified atom stereocenters. The van der Waals surface area contributed by atoms with Gasteiger partial charge in [0, 0.05) is 39.3 Å². The van der Waals surface area contributed by atoms with E-state index in [4.69, 9.17) is 0 Å². The van der Waals surface area contributed by atoms with Crippen LogP contribution in [0.3, 0.4) is 0 Å². The van der Waals surface area contributed by atoms with Gasteiger partial charge in [-0.05, 0) is 74.3 Å². The van der Waals surface area contributed by atoms with Gasteiger partial charge in [-0.15, -0.1) is 0 Å². The Morgan fingerprint density at radius 3 is 0.727 bits per heavy atom. The Morgan fingerprint density at radius 2 is 0.500 bits per heavy atom. The van der Waals surface area contributed by atoms with Gasteiger partial charge in [0.1, 0.15) is 0 Å². The predicted molar refractivity (Wildman–Crippen MR) is 96.7 cm³/mol. The van der Waals surface area contributed by atoms with Crippen LogP contribution in [0.2, 0.25) is 0 Å². The van der Waals surface area contributed by atoms with Gasteiger partial charge in [-0.1, -0.05) is 0 Å². The van der Waals surface area contributed by atoms with Crippen LogP contribution in [-0.2, 0) is 0 Å². The van der Waals surface area contributed by atoms with Crippen molar-refractivity contribution in [1.29, 1.82) is 0 Å². The molecule has 0 saturated carbocycles. The van der Waals surface area contributed by atoms with Gasteiger partial charge in [-0.3, -0.25) is 0 Å². The molecule has 5 heteroatoms. The van der Waals surface area contributed by atoms with Crippen LogP contribution in [-0.4, -0.2) is 125 Å². The summed E-state index contributed by atoms with van der Waals surface area (Å²) in [6, 6.07) is 0. The van der Waals surface area contributed by atoms with Crippen LogP contribution in [0.4, 0.5) is 0 Å². The summed E-state index contributed by atoms with van der Waals surface area (Å²) in [5.74, 6) is 0. The van der Waals surface area contributed by atoms with E-state index < -0.39 is 0 Å². The van der Waals surface area contributed by atoms with Gasteiger partial charge in [-0.25, -0.2) is 0 Å². The van der Waals surface area contributed by atoms with Crippen LogP contribution < -0.4 is 0 Å². The SMILES string of the molecule is CN1CCCN(C)CCN(C)CCN(C)CCCN(C)CC1. The summed E-state index contributed by atoms with van der Waals surface area (Å²) in [5, 5.41) is 0. The summed E-state index contributed by atoms with van der Waals surface area (Å²) < 4.78 is 0. The van der Waals surface area contributed by atoms with Crippen molar-refractivity contribution in [3.8, 4) is 0 Å². The highest BCUT2D eigenvalue weighted by molar-refractivity contribution is 4.64.